The molecule has 0 aliphatic rings. The lowest BCUT2D eigenvalue weighted by atomic mass is 10.2. The number of hydrogen-bond donors (Lipinski definition) is 2. The van der Waals surface area contributed by atoms with Gasteiger partial charge in [-0.25, -0.2) is 0 Å². The molecule has 2 aromatic carbocycles. The Balaban J connectivity index is 2.30. The maximum atomic E-state index is 12.1. The molecule has 0 spiro atoms. The minimum absolute atomic E-state index is 0.347. The highest BCUT2D eigenvalue weighted by atomic mass is 79.9. The zero-order chi connectivity index (χ0) is 14.0. The molecular weight excluding hydrogens is 351 g/mol. The summed E-state index contributed by atoms with van der Waals surface area (Å²) in [7, 11) is 0. The molecular formula is C13H9BrCl2N2O. The Morgan fingerprint density at radius 2 is 1.89 bits per heavy atom. The van der Waals surface area contributed by atoms with Crippen LogP contribution in [0.2, 0.25) is 10.0 Å². The lowest BCUT2D eigenvalue weighted by molar-refractivity contribution is 0.102. The van der Waals surface area contributed by atoms with Crippen molar-refractivity contribution in [2.45, 2.75) is 0 Å². The second-order valence-corrected chi connectivity index (χ2v) is 5.57. The number of nitrogen functional groups attached to an aromatic ring is 1. The van der Waals surface area contributed by atoms with E-state index in [2.05, 4.69) is 21.2 Å². The van der Waals surface area contributed by atoms with Crippen LogP contribution < -0.4 is 11.1 Å². The first-order chi connectivity index (χ1) is 8.97. The van der Waals surface area contributed by atoms with Gasteiger partial charge in [0.2, 0.25) is 0 Å². The second-order valence-electron chi connectivity index (χ2n) is 3.81. The maximum Gasteiger partial charge on any atom is 0.257 e. The van der Waals surface area contributed by atoms with Gasteiger partial charge in [-0.15, -0.1) is 0 Å². The third-order valence-corrected chi connectivity index (χ3v) is 3.49. The van der Waals surface area contributed by atoms with Crippen LogP contribution in [-0.4, -0.2) is 5.91 Å². The molecule has 0 aromatic heterocycles. The van der Waals surface area contributed by atoms with Gasteiger partial charge >= 0.3 is 0 Å². The van der Waals surface area contributed by atoms with E-state index in [1.807, 2.05) is 0 Å². The normalized spacial score (nSPS) is 10.3. The molecule has 0 aliphatic carbocycles. The van der Waals surface area contributed by atoms with Crippen LogP contribution in [0, 0.1) is 0 Å². The summed E-state index contributed by atoms with van der Waals surface area (Å²) in [4.78, 5) is 12.1. The van der Waals surface area contributed by atoms with Crippen molar-refractivity contribution < 1.29 is 4.79 Å². The lowest BCUT2D eigenvalue weighted by Gasteiger charge is -2.10. The first-order valence-electron chi connectivity index (χ1n) is 5.29. The summed E-state index contributed by atoms with van der Waals surface area (Å²) in [6.45, 7) is 0. The van der Waals surface area contributed by atoms with Crippen LogP contribution in [0.25, 0.3) is 0 Å². The third kappa shape index (κ3) is 3.41. The molecule has 0 saturated carbocycles. The van der Waals surface area contributed by atoms with Gasteiger partial charge in [0.1, 0.15) is 0 Å². The van der Waals surface area contributed by atoms with Crippen molar-refractivity contribution >= 4 is 56.4 Å². The number of carbonyl (C=O) groups excluding carboxylic acids is 1. The van der Waals surface area contributed by atoms with Crippen LogP contribution in [0.5, 0.6) is 0 Å². The molecule has 3 nitrogen and oxygen atoms in total. The Bertz CT molecular complexity index is 647. The molecule has 0 unspecified atom stereocenters. The molecule has 0 fully saturated rings. The predicted octanol–water partition coefficient (Wildman–Crippen LogP) is 4.59. The van der Waals surface area contributed by atoms with Crippen LogP contribution in [0.3, 0.4) is 0 Å². The van der Waals surface area contributed by atoms with Gasteiger partial charge in [-0.05, 0) is 36.4 Å². The maximum absolute atomic E-state index is 12.1. The lowest BCUT2D eigenvalue weighted by Crippen LogP contribution is -2.13. The first-order valence-corrected chi connectivity index (χ1v) is 6.83. The van der Waals surface area contributed by atoms with Crippen LogP contribution in [0.4, 0.5) is 11.4 Å². The topological polar surface area (TPSA) is 55.1 Å². The van der Waals surface area contributed by atoms with E-state index in [4.69, 9.17) is 28.9 Å². The van der Waals surface area contributed by atoms with Crippen LogP contribution in [-0.2, 0) is 0 Å². The van der Waals surface area contributed by atoms with Crippen LogP contribution in [0.15, 0.2) is 40.9 Å². The summed E-state index contributed by atoms with van der Waals surface area (Å²) in [6.07, 6.45) is 0. The van der Waals surface area contributed by atoms with Crippen LogP contribution in [0.1, 0.15) is 10.4 Å². The Hall–Kier alpha value is -1.23. The minimum atomic E-state index is -0.347. The van der Waals surface area contributed by atoms with Crippen molar-refractivity contribution in [1.82, 2.24) is 0 Å². The predicted molar refractivity (Wildman–Crippen MR) is 83.0 cm³/mol. The number of benzene rings is 2. The van der Waals surface area contributed by atoms with Gasteiger partial charge in [-0.1, -0.05) is 39.1 Å². The molecule has 6 heteroatoms. The molecule has 3 N–H and O–H groups in total. The SMILES string of the molecule is Nc1ccc(Cl)cc1NC(=O)c1cc(Br)ccc1Cl. The Labute approximate surface area is 128 Å². The van der Waals surface area contributed by atoms with E-state index in [9.17, 15) is 4.79 Å². The van der Waals surface area contributed by atoms with Gasteiger partial charge in [0, 0.05) is 9.50 Å². The summed E-state index contributed by atoms with van der Waals surface area (Å²) in [5.41, 5.74) is 7.01. The number of amides is 1. The Morgan fingerprint density at radius 3 is 2.63 bits per heavy atom. The van der Waals surface area contributed by atoms with Gasteiger partial charge in [-0.2, -0.15) is 0 Å². The molecule has 0 aliphatic heterocycles. The summed E-state index contributed by atoms with van der Waals surface area (Å²) < 4.78 is 0.765. The van der Waals surface area contributed by atoms with E-state index in [1.165, 1.54) is 0 Å². The van der Waals surface area contributed by atoms with E-state index < -0.39 is 0 Å². The fraction of sp³-hybridized carbons (Fsp3) is 0. The van der Waals surface area contributed by atoms with Gasteiger partial charge in [0.15, 0.2) is 0 Å². The van der Waals surface area contributed by atoms with E-state index >= 15 is 0 Å². The molecule has 0 heterocycles. The number of carbonyl (C=O) groups is 1. The third-order valence-electron chi connectivity index (χ3n) is 2.44. The zero-order valence-electron chi connectivity index (χ0n) is 9.58. The van der Waals surface area contributed by atoms with E-state index in [0.29, 0.717) is 27.0 Å². The molecule has 1 amide bonds. The molecule has 0 saturated heterocycles. The molecule has 2 rings (SSSR count). The van der Waals surface area contributed by atoms with Gasteiger partial charge in [0.25, 0.3) is 5.91 Å². The van der Waals surface area contributed by atoms with Gasteiger partial charge < -0.3 is 11.1 Å². The fourth-order valence-corrected chi connectivity index (χ4v) is 2.23. The Kier molecular flexibility index (Phi) is 4.34. The quantitative estimate of drug-likeness (QED) is 0.770. The number of anilines is 2. The molecule has 19 heavy (non-hydrogen) atoms. The number of rotatable bonds is 2. The number of nitrogens with one attached hydrogen (secondary N) is 1. The van der Waals surface area contributed by atoms with Crippen molar-refractivity contribution in [2.24, 2.45) is 0 Å². The summed E-state index contributed by atoms with van der Waals surface area (Å²) in [5, 5.41) is 3.53. The molecule has 0 atom stereocenters. The number of nitrogens with two attached hydrogens (primary N) is 1. The summed E-state index contributed by atoms with van der Waals surface area (Å²) >= 11 is 15.1. The Morgan fingerprint density at radius 1 is 1.16 bits per heavy atom. The largest absolute Gasteiger partial charge is 0.397 e. The van der Waals surface area contributed by atoms with Crippen LogP contribution >= 0.6 is 39.1 Å². The second kappa shape index (κ2) is 5.82. The standard InChI is InChI=1S/C13H9BrCl2N2O/c14-7-1-3-10(16)9(5-7)13(19)18-12-6-8(15)2-4-11(12)17/h1-6H,17H2,(H,18,19). The van der Waals surface area contributed by atoms with Gasteiger partial charge in [-0.3, -0.25) is 4.79 Å². The highest BCUT2D eigenvalue weighted by Crippen LogP contribution is 2.26. The van der Waals surface area contributed by atoms with E-state index in [-0.39, 0.29) is 5.91 Å². The number of hydrogen-bond acceptors (Lipinski definition) is 2. The molecule has 0 radical (unpaired) electrons. The highest BCUT2D eigenvalue weighted by Gasteiger charge is 2.12. The van der Waals surface area contributed by atoms with Gasteiger partial charge in [0.05, 0.1) is 22.0 Å². The zero-order valence-corrected chi connectivity index (χ0v) is 12.7. The van der Waals surface area contributed by atoms with Crippen molar-refractivity contribution in [3.05, 3.63) is 56.5 Å². The van der Waals surface area contributed by atoms with E-state index in [1.54, 1.807) is 36.4 Å². The van der Waals surface area contributed by atoms with E-state index in [0.717, 1.165) is 4.47 Å². The summed E-state index contributed by atoms with van der Waals surface area (Å²) in [6, 6.07) is 9.90. The average Bonchev–Trinajstić information content (AvgIpc) is 2.36. The number of halogens is 3. The molecule has 0 bridgehead atoms. The smallest absolute Gasteiger partial charge is 0.257 e. The van der Waals surface area contributed by atoms with Crippen molar-refractivity contribution in [3.8, 4) is 0 Å². The molecule has 2 aromatic rings. The van der Waals surface area contributed by atoms with Crippen molar-refractivity contribution in [2.75, 3.05) is 11.1 Å². The fourth-order valence-electron chi connectivity index (χ4n) is 1.50. The average molecular weight is 360 g/mol. The minimum Gasteiger partial charge on any atom is -0.397 e. The van der Waals surface area contributed by atoms with Crippen molar-refractivity contribution in [1.29, 1.82) is 0 Å². The highest BCUT2D eigenvalue weighted by molar-refractivity contribution is 9.10. The molecule has 98 valence electrons. The van der Waals surface area contributed by atoms with Crippen molar-refractivity contribution in [3.63, 3.8) is 0 Å². The first kappa shape index (κ1) is 14.2. The summed E-state index contributed by atoms with van der Waals surface area (Å²) in [5.74, 6) is -0.347. The monoisotopic (exact) mass is 358 g/mol.